The Morgan fingerprint density at radius 3 is 2.33 bits per heavy atom. The van der Waals surface area contributed by atoms with Gasteiger partial charge < -0.3 is 15.8 Å². The van der Waals surface area contributed by atoms with Gasteiger partial charge in [0.25, 0.3) is 0 Å². The van der Waals surface area contributed by atoms with Crippen LogP contribution in [0, 0.1) is 5.41 Å². The monoisotopic (exact) mass is 254 g/mol. The summed E-state index contributed by atoms with van der Waals surface area (Å²) < 4.78 is 5.48. The molecule has 104 valence electrons. The highest BCUT2D eigenvalue weighted by atomic mass is 16.5. The van der Waals surface area contributed by atoms with Gasteiger partial charge in [-0.05, 0) is 44.1 Å². The maximum atomic E-state index is 12.0. The minimum atomic E-state index is -0.171. The van der Waals surface area contributed by atoms with Crippen molar-refractivity contribution < 1.29 is 9.53 Å². The zero-order chi connectivity index (χ0) is 13.1. The number of rotatable bonds is 6. The van der Waals surface area contributed by atoms with E-state index in [1.807, 2.05) is 0 Å². The Bertz CT molecular complexity index is 289. The van der Waals surface area contributed by atoms with E-state index in [4.69, 9.17) is 10.5 Å². The van der Waals surface area contributed by atoms with Gasteiger partial charge in [0.05, 0.1) is 12.0 Å². The van der Waals surface area contributed by atoms with Crippen LogP contribution in [0.2, 0.25) is 0 Å². The molecule has 0 saturated heterocycles. The minimum absolute atomic E-state index is 0.122. The largest absolute Gasteiger partial charge is 0.378 e. The second kappa shape index (κ2) is 5.57. The van der Waals surface area contributed by atoms with Crippen molar-refractivity contribution in [2.75, 3.05) is 20.2 Å². The van der Waals surface area contributed by atoms with Crippen molar-refractivity contribution in [1.82, 2.24) is 5.32 Å². The van der Waals surface area contributed by atoms with Crippen molar-refractivity contribution in [1.29, 1.82) is 0 Å². The lowest BCUT2D eigenvalue weighted by molar-refractivity contribution is -0.134. The molecule has 0 aromatic carbocycles. The molecule has 4 nitrogen and oxygen atoms in total. The van der Waals surface area contributed by atoms with E-state index in [0.29, 0.717) is 13.0 Å². The Hall–Kier alpha value is -0.610. The topological polar surface area (TPSA) is 64.3 Å². The number of nitrogens with one attached hydrogen (secondary N) is 1. The van der Waals surface area contributed by atoms with Gasteiger partial charge in [0.1, 0.15) is 0 Å². The van der Waals surface area contributed by atoms with E-state index in [1.54, 1.807) is 7.11 Å². The van der Waals surface area contributed by atoms with Crippen LogP contribution in [-0.4, -0.2) is 31.7 Å². The van der Waals surface area contributed by atoms with E-state index >= 15 is 0 Å². The summed E-state index contributed by atoms with van der Waals surface area (Å²) in [6.07, 6.45) is 8.50. The number of hydrogen-bond acceptors (Lipinski definition) is 3. The Morgan fingerprint density at radius 1 is 1.22 bits per heavy atom. The highest BCUT2D eigenvalue weighted by Crippen LogP contribution is 2.39. The Balaban J connectivity index is 1.77. The Kier molecular flexibility index (Phi) is 4.28. The van der Waals surface area contributed by atoms with Gasteiger partial charge in [-0.2, -0.15) is 0 Å². The molecule has 1 amide bonds. The predicted octanol–water partition coefficient (Wildman–Crippen LogP) is 1.58. The van der Waals surface area contributed by atoms with E-state index in [-0.39, 0.29) is 16.9 Å². The molecule has 0 atom stereocenters. The first-order valence-corrected chi connectivity index (χ1v) is 7.16. The van der Waals surface area contributed by atoms with Gasteiger partial charge >= 0.3 is 0 Å². The van der Waals surface area contributed by atoms with Crippen LogP contribution in [-0.2, 0) is 9.53 Å². The first-order valence-electron chi connectivity index (χ1n) is 7.16. The van der Waals surface area contributed by atoms with Gasteiger partial charge in [-0.1, -0.05) is 12.8 Å². The minimum Gasteiger partial charge on any atom is -0.378 e. The van der Waals surface area contributed by atoms with Gasteiger partial charge in [-0.15, -0.1) is 0 Å². The van der Waals surface area contributed by atoms with Gasteiger partial charge in [-0.3, -0.25) is 4.79 Å². The number of hydrogen-bond donors (Lipinski definition) is 2. The van der Waals surface area contributed by atoms with Crippen LogP contribution in [0.3, 0.4) is 0 Å². The zero-order valence-electron chi connectivity index (χ0n) is 11.5. The molecule has 3 N–H and O–H groups in total. The summed E-state index contributed by atoms with van der Waals surface area (Å²) in [6.45, 7) is 1.42. The van der Waals surface area contributed by atoms with E-state index in [2.05, 4.69) is 5.32 Å². The van der Waals surface area contributed by atoms with Crippen LogP contribution >= 0.6 is 0 Å². The van der Waals surface area contributed by atoms with Crippen molar-refractivity contribution in [2.45, 2.75) is 57.0 Å². The highest BCUT2D eigenvalue weighted by molar-refractivity contribution is 5.77. The third kappa shape index (κ3) is 2.86. The maximum absolute atomic E-state index is 12.0. The van der Waals surface area contributed by atoms with Crippen molar-refractivity contribution in [2.24, 2.45) is 11.1 Å². The fraction of sp³-hybridized carbons (Fsp3) is 0.929. The van der Waals surface area contributed by atoms with Crippen molar-refractivity contribution in [3.8, 4) is 0 Å². The second-order valence-electron chi connectivity index (χ2n) is 6.11. The van der Waals surface area contributed by atoms with Gasteiger partial charge in [0.15, 0.2) is 0 Å². The van der Waals surface area contributed by atoms with E-state index < -0.39 is 0 Å². The zero-order valence-corrected chi connectivity index (χ0v) is 11.5. The molecule has 2 aliphatic carbocycles. The smallest absolute Gasteiger partial charge is 0.222 e. The lowest BCUT2D eigenvalue weighted by Gasteiger charge is -2.40. The standard InChI is InChI=1S/C14H26N2O2/c1-18-14(7-4-8-14)9-12(17)16-11-13(10-15)5-2-3-6-13/h2-11,15H2,1H3,(H,16,17). The van der Waals surface area contributed by atoms with Crippen LogP contribution in [0.1, 0.15) is 51.4 Å². The van der Waals surface area contributed by atoms with Crippen LogP contribution in [0.25, 0.3) is 0 Å². The molecule has 0 spiro atoms. The predicted molar refractivity (Wildman–Crippen MR) is 71.2 cm³/mol. The van der Waals surface area contributed by atoms with Crippen molar-refractivity contribution in [3.05, 3.63) is 0 Å². The molecular weight excluding hydrogens is 228 g/mol. The van der Waals surface area contributed by atoms with Crippen molar-refractivity contribution >= 4 is 5.91 Å². The third-order valence-electron chi connectivity index (χ3n) is 4.94. The summed E-state index contributed by atoms with van der Waals surface area (Å²) in [6, 6.07) is 0. The summed E-state index contributed by atoms with van der Waals surface area (Å²) in [5, 5.41) is 3.08. The number of ether oxygens (including phenoxy) is 1. The SMILES string of the molecule is COC1(CC(=O)NCC2(CN)CCCC2)CCC1. The fourth-order valence-electron chi connectivity index (χ4n) is 3.24. The van der Waals surface area contributed by atoms with E-state index in [9.17, 15) is 4.79 Å². The molecule has 2 saturated carbocycles. The molecule has 4 heteroatoms. The van der Waals surface area contributed by atoms with Gasteiger partial charge in [0.2, 0.25) is 5.91 Å². The lowest BCUT2D eigenvalue weighted by atomic mass is 9.77. The summed E-state index contributed by atoms with van der Waals surface area (Å²) in [7, 11) is 1.71. The number of carbonyl (C=O) groups is 1. The molecule has 0 aromatic rings. The van der Waals surface area contributed by atoms with Crippen LogP contribution in [0.15, 0.2) is 0 Å². The summed E-state index contributed by atoms with van der Waals surface area (Å²) >= 11 is 0. The number of nitrogens with two attached hydrogens (primary N) is 1. The highest BCUT2D eigenvalue weighted by Gasteiger charge is 2.39. The molecule has 0 aromatic heterocycles. The Labute approximate surface area is 110 Å². The van der Waals surface area contributed by atoms with Crippen LogP contribution in [0.5, 0.6) is 0 Å². The average Bonchev–Trinajstić information content (AvgIpc) is 2.81. The second-order valence-corrected chi connectivity index (χ2v) is 6.11. The summed E-state index contributed by atoms with van der Waals surface area (Å²) in [4.78, 5) is 12.0. The van der Waals surface area contributed by atoms with Crippen molar-refractivity contribution in [3.63, 3.8) is 0 Å². The summed E-state index contributed by atoms with van der Waals surface area (Å²) in [5.74, 6) is 0.122. The molecule has 2 aliphatic rings. The van der Waals surface area contributed by atoms with E-state index in [1.165, 1.54) is 19.3 Å². The molecule has 0 bridgehead atoms. The normalized spacial score (nSPS) is 24.6. The number of methoxy groups -OCH3 is 1. The molecule has 2 fully saturated rings. The molecule has 0 heterocycles. The van der Waals surface area contributed by atoms with Gasteiger partial charge in [0, 0.05) is 13.7 Å². The molecule has 18 heavy (non-hydrogen) atoms. The molecule has 0 aliphatic heterocycles. The number of amides is 1. The maximum Gasteiger partial charge on any atom is 0.222 e. The average molecular weight is 254 g/mol. The molecule has 2 rings (SSSR count). The lowest BCUT2D eigenvalue weighted by Crippen LogP contribution is -2.46. The first-order chi connectivity index (χ1) is 8.64. The van der Waals surface area contributed by atoms with E-state index in [0.717, 1.165) is 32.2 Å². The number of carbonyl (C=O) groups excluding carboxylic acids is 1. The third-order valence-corrected chi connectivity index (χ3v) is 4.94. The first kappa shape index (κ1) is 13.8. The molecule has 0 radical (unpaired) electrons. The molecular formula is C14H26N2O2. The fourth-order valence-corrected chi connectivity index (χ4v) is 3.24. The summed E-state index contributed by atoms with van der Waals surface area (Å²) in [5.41, 5.74) is 5.86. The van der Waals surface area contributed by atoms with Crippen LogP contribution < -0.4 is 11.1 Å². The molecule has 0 unspecified atom stereocenters. The quantitative estimate of drug-likeness (QED) is 0.756. The van der Waals surface area contributed by atoms with Gasteiger partial charge in [-0.25, -0.2) is 0 Å². The Morgan fingerprint density at radius 2 is 1.89 bits per heavy atom. The van der Waals surface area contributed by atoms with Crippen LogP contribution in [0.4, 0.5) is 0 Å².